The molecule has 1 N–H and O–H groups in total. The molecular weight excluding hydrogens is 390 g/mol. The summed E-state index contributed by atoms with van der Waals surface area (Å²) in [6, 6.07) is 13.2. The third kappa shape index (κ3) is 5.57. The Morgan fingerprint density at radius 1 is 1.13 bits per heavy atom. The summed E-state index contributed by atoms with van der Waals surface area (Å²) in [5.74, 6) is 0.927. The highest BCUT2D eigenvalue weighted by molar-refractivity contribution is 5.95. The second-order valence-corrected chi connectivity index (χ2v) is 8.42. The predicted octanol–water partition coefficient (Wildman–Crippen LogP) is 4.55. The number of nitrogens with one attached hydrogen (secondary N) is 1. The van der Waals surface area contributed by atoms with Crippen LogP contribution in [0.25, 0.3) is 0 Å². The SMILES string of the molecule is CC[C@H](C)N(Cc1cc(NC(=O)C2CC2)ccc1N(C)C)C(=O)c1ccc(OC)cc1. The van der Waals surface area contributed by atoms with Crippen LogP contribution in [0.1, 0.15) is 49.0 Å². The first-order valence-electron chi connectivity index (χ1n) is 10.9. The Bertz CT molecular complexity index is 920. The summed E-state index contributed by atoms with van der Waals surface area (Å²) in [6.45, 7) is 4.61. The Hall–Kier alpha value is -3.02. The van der Waals surface area contributed by atoms with Crippen LogP contribution in [0.15, 0.2) is 42.5 Å². The molecule has 1 saturated carbocycles. The van der Waals surface area contributed by atoms with Gasteiger partial charge in [-0.2, -0.15) is 0 Å². The average Bonchev–Trinajstić information content (AvgIpc) is 3.62. The Labute approximate surface area is 185 Å². The molecule has 2 aromatic carbocycles. The average molecular weight is 424 g/mol. The second kappa shape index (κ2) is 9.86. The standard InChI is InChI=1S/C25H33N3O3/c1-6-17(2)28(25(30)19-9-12-22(31-5)13-10-19)16-20-15-21(11-14-23(20)27(3)4)26-24(29)18-7-8-18/h9-15,17-18H,6-8,16H2,1-5H3,(H,26,29)/t17-/m0/s1. The smallest absolute Gasteiger partial charge is 0.254 e. The molecule has 0 aliphatic heterocycles. The summed E-state index contributed by atoms with van der Waals surface area (Å²) < 4.78 is 5.22. The summed E-state index contributed by atoms with van der Waals surface area (Å²) in [7, 11) is 5.58. The highest BCUT2D eigenvalue weighted by Crippen LogP contribution is 2.31. The number of nitrogens with zero attached hydrogens (tertiary/aromatic N) is 2. The first-order valence-corrected chi connectivity index (χ1v) is 10.9. The lowest BCUT2D eigenvalue weighted by atomic mass is 10.1. The quantitative estimate of drug-likeness (QED) is 0.643. The molecule has 2 amide bonds. The van der Waals surface area contributed by atoms with E-state index >= 15 is 0 Å². The van der Waals surface area contributed by atoms with Gasteiger partial charge in [0, 0.05) is 49.5 Å². The van der Waals surface area contributed by atoms with Gasteiger partial charge in [-0.25, -0.2) is 0 Å². The fourth-order valence-corrected chi connectivity index (χ4v) is 3.55. The van der Waals surface area contributed by atoms with Crippen LogP contribution >= 0.6 is 0 Å². The molecule has 0 unspecified atom stereocenters. The highest BCUT2D eigenvalue weighted by Gasteiger charge is 2.30. The van der Waals surface area contributed by atoms with Crippen molar-refractivity contribution >= 4 is 23.2 Å². The Morgan fingerprint density at radius 2 is 1.81 bits per heavy atom. The normalized spacial score (nSPS) is 14.0. The van der Waals surface area contributed by atoms with Gasteiger partial charge < -0.3 is 19.9 Å². The van der Waals surface area contributed by atoms with Crippen molar-refractivity contribution in [1.82, 2.24) is 4.90 Å². The summed E-state index contributed by atoms with van der Waals surface area (Å²) in [5, 5.41) is 3.03. The van der Waals surface area contributed by atoms with Gasteiger partial charge in [-0.3, -0.25) is 9.59 Å². The molecule has 0 bridgehead atoms. The molecule has 6 heteroatoms. The minimum absolute atomic E-state index is 0.0193. The monoisotopic (exact) mass is 423 g/mol. The van der Waals surface area contributed by atoms with E-state index in [9.17, 15) is 9.59 Å². The zero-order chi connectivity index (χ0) is 22.5. The van der Waals surface area contributed by atoms with Crippen molar-refractivity contribution in [3.05, 3.63) is 53.6 Å². The van der Waals surface area contributed by atoms with Crippen molar-refractivity contribution < 1.29 is 14.3 Å². The van der Waals surface area contributed by atoms with Crippen molar-refractivity contribution in [2.45, 2.75) is 45.7 Å². The van der Waals surface area contributed by atoms with Gasteiger partial charge in [0.05, 0.1) is 7.11 Å². The van der Waals surface area contributed by atoms with Gasteiger partial charge in [0.2, 0.25) is 5.91 Å². The molecule has 1 aliphatic carbocycles. The van der Waals surface area contributed by atoms with Gasteiger partial charge in [0.25, 0.3) is 5.91 Å². The maximum Gasteiger partial charge on any atom is 0.254 e. The lowest BCUT2D eigenvalue weighted by Crippen LogP contribution is -2.38. The number of amides is 2. The van der Waals surface area contributed by atoms with E-state index < -0.39 is 0 Å². The fourth-order valence-electron chi connectivity index (χ4n) is 3.55. The third-order valence-electron chi connectivity index (χ3n) is 5.84. The van der Waals surface area contributed by atoms with Gasteiger partial charge in [-0.05, 0) is 74.2 Å². The molecule has 0 saturated heterocycles. The van der Waals surface area contributed by atoms with E-state index in [2.05, 4.69) is 19.2 Å². The minimum Gasteiger partial charge on any atom is -0.497 e. The molecule has 1 fully saturated rings. The van der Waals surface area contributed by atoms with Gasteiger partial charge in [0.15, 0.2) is 0 Å². The molecule has 166 valence electrons. The van der Waals surface area contributed by atoms with Crippen LogP contribution in [0, 0.1) is 5.92 Å². The summed E-state index contributed by atoms with van der Waals surface area (Å²) in [6.07, 6.45) is 2.77. The molecule has 0 spiro atoms. The van der Waals surface area contributed by atoms with Crippen molar-refractivity contribution in [3.63, 3.8) is 0 Å². The number of benzene rings is 2. The van der Waals surface area contributed by atoms with Gasteiger partial charge in [-0.1, -0.05) is 6.92 Å². The number of methoxy groups -OCH3 is 1. The van der Waals surface area contributed by atoms with Crippen LogP contribution in [-0.4, -0.2) is 44.0 Å². The first kappa shape index (κ1) is 22.7. The lowest BCUT2D eigenvalue weighted by molar-refractivity contribution is -0.117. The zero-order valence-electron chi connectivity index (χ0n) is 19.1. The summed E-state index contributed by atoms with van der Waals surface area (Å²) >= 11 is 0. The number of hydrogen-bond acceptors (Lipinski definition) is 4. The van der Waals surface area contributed by atoms with E-state index in [-0.39, 0.29) is 23.8 Å². The molecule has 1 aliphatic rings. The first-order chi connectivity index (χ1) is 14.8. The number of carbonyl (C=O) groups is 2. The molecule has 3 rings (SSSR count). The Balaban J connectivity index is 1.89. The number of anilines is 2. The van der Waals surface area contributed by atoms with Gasteiger partial charge in [-0.15, -0.1) is 0 Å². The second-order valence-electron chi connectivity index (χ2n) is 8.42. The summed E-state index contributed by atoms with van der Waals surface area (Å²) in [5.41, 5.74) is 3.44. The van der Waals surface area contributed by atoms with Crippen LogP contribution in [0.5, 0.6) is 5.75 Å². The zero-order valence-corrected chi connectivity index (χ0v) is 19.1. The van der Waals surface area contributed by atoms with Crippen LogP contribution in [0.4, 0.5) is 11.4 Å². The summed E-state index contributed by atoms with van der Waals surface area (Å²) in [4.78, 5) is 29.6. The van der Waals surface area contributed by atoms with Crippen LogP contribution < -0.4 is 15.0 Å². The number of rotatable bonds is 9. The number of ether oxygens (including phenoxy) is 1. The highest BCUT2D eigenvalue weighted by atomic mass is 16.5. The van der Waals surface area contributed by atoms with Crippen LogP contribution in [-0.2, 0) is 11.3 Å². The van der Waals surface area contributed by atoms with Crippen LogP contribution in [0.3, 0.4) is 0 Å². The predicted molar refractivity (Wildman–Crippen MR) is 125 cm³/mol. The van der Waals surface area contributed by atoms with Gasteiger partial charge >= 0.3 is 0 Å². The molecular formula is C25H33N3O3. The van der Waals surface area contributed by atoms with E-state index in [1.54, 1.807) is 31.4 Å². The lowest BCUT2D eigenvalue weighted by Gasteiger charge is -2.31. The molecule has 1 atom stereocenters. The molecule has 31 heavy (non-hydrogen) atoms. The van der Waals surface area contributed by atoms with E-state index in [4.69, 9.17) is 4.74 Å². The number of carbonyl (C=O) groups excluding carboxylic acids is 2. The van der Waals surface area contributed by atoms with Crippen molar-refractivity contribution in [2.24, 2.45) is 5.92 Å². The van der Waals surface area contributed by atoms with Gasteiger partial charge in [0.1, 0.15) is 5.75 Å². The molecule has 0 radical (unpaired) electrons. The third-order valence-corrected chi connectivity index (χ3v) is 5.84. The maximum atomic E-state index is 13.4. The van der Waals surface area contributed by atoms with E-state index in [1.807, 2.05) is 42.1 Å². The minimum atomic E-state index is -0.0193. The maximum absolute atomic E-state index is 13.4. The topological polar surface area (TPSA) is 61.9 Å². The molecule has 2 aromatic rings. The largest absolute Gasteiger partial charge is 0.497 e. The fraction of sp³-hybridized carbons (Fsp3) is 0.440. The number of hydrogen-bond donors (Lipinski definition) is 1. The van der Waals surface area contributed by atoms with Crippen molar-refractivity contribution in [1.29, 1.82) is 0 Å². The molecule has 6 nitrogen and oxygen atoms in total. The van der Waals surface area contributed by atoms with Crippen molar-refractivity contribution in [3.8, 4) is 5.75 Å². The Kier molecular flexibility index (Phi) is 7.21. The van der Waals surface area contributed by atoms with E-state index in [0.717, 1.165) is 42.0 Å². The Morgan fingerprint density at radius 3 is 2.35 bits per heavy atom. The molecule has 0 aromatic heterocycles. The van der Waals surface area contributed by atoms with E-state index in [0.29, 0.717) is 12.1 Å². The van der Waals surface area contributed by atoms with E-state index in [1.165, 1.54) is 0 Å². The van der Waals surface area contributed by atoms with Crippen molar-refractivity contribution in [2.75, 3.05) is 31.4 Å². The van der Waals surface area contributed by atoms with Crippen LogP contribution in [0.2, 0.25) is 0 Å². The molecule has 0 heterocycles.